The average Bonchev–Trinajstić information content (AvgIpc) is 2.61. The summed E-state index contributed by atoms with van der Waals surface area (Å²) in [5.41, 5.74) is -0.0707. The minimum atomic E-state index is -4.32. The molecule has 0 saturated heterocycles. The van der Waals surface area contributed by atoms with Crippen LogP contribution in [-0.2, 0) is 0 Å². The Bertz CT molecular complexity index is 652. The quantitative estimate of drug-likeness (QED) is 0.516. The van der Waals surface area contributed by atoms with Gasteiger partial charge in [0.2, 0.25) is 0 Å². The van der Waals surface area contributed by atoms with E-state index in [0.29, 0.717) is 25.7 Å². The van der Waals surface area contributed by atoms with Crippen LogP contribution >= 0.6 is 0 Å². The van der Waals surface area contributed by atoms with Crippen LogP contribution in [0.15, 0.2) is 24.3 Å². The van der Waals surface area contributed by atoms with Gasteiger partial charge in [-0.3, -0.25) is 4.79 Å². The van der Waals surface area contributed by atoms with Gasteiger partial charge >= 0.3 is 12.2 Å². The first-order valence-corrected chi connectivity index (χ1v) is 8.93. The summed E-state index contributed by atoms with van der Waals surface area (Å²) >= 11 is 0. The van der Waals surface area contributed by atoms with Gasteiger partial charge in [0.05, 0.1) is 11.5 Å². The molecule has 2 rings (SSSR count). The topological polar surface area (TPSA) is 70.2 Å². The van der Waals surface area contributed by atoms with Crippen molar-refractivity contribution in [2.24, 2.45) is 5.92 Å². The number of rotatable bonds is 6. The fraction of sp³-hybridized carbons (Fsp3) is 0.556. The van der Waals surface area contributed by atoms with E-state index in [9.17, 15) is 27.2 Å². The molecule has 5 nitrogen and oxygen atoms in total. The molecule has 3 amide bonds. The molecule has 0 heterocycles. The molecule has 1 aliphatic carbocycles. The van der Waals surface area contributed by atoms with Gasteiger partial charge in [-0.25, -0.2) is 9.18 Å². The molecule has 27 heavy (non-hydrogen) atoms. The predicted molar refractivity (Wildman–Crippen MR) is 91.7 cm³/mol. The number of benzene rings is 1. The molecule has 0 aromatic heterocycles. The zero-order valence-corrected chi connectivity index (χ0v) is 14.7. The number of alkyl halides is 3. The van der Waals surface area contributed by atoms with E-state index < -0.39 is 35.9 Å². The summed E-state index contributed by atoms with van der Waals surface area (Å²) in [5, 5.41) is 7.41. The molecule has 1 aromatic rings. The van der Waals surface area contributed by atoms with Crippen molar-refractivity contribution >= 4 is 11.9 Å². The summed E-state index contributed by atoms with van der Waals surface area (Å²) in [6, 6.07) is 3.99. The zero-order valence-electron chi connectivity index (χ0n) is 14.7. The van der Waals surface area contributed by atoms with Gasteiger partial charge in [0.25, 0.3) is 5.91 Å². The van der Waals surface area contributed by atoms with Gasteiger partial charge in [0.1, 0.15) is 5.82 Å². The lowest BCUT2D eigenvalue weighted by Gasteiger charge is -2.33. The minimum absolute atomic E-state index is 0.0243. The maximum atomic E-state index is 13.5. The van der Waals surface area contributed by atoms with Crippen LogP contribution in [0.1, 0.15) is 42.5 Å². The molecule has 9 heteroatoms. The molecule has 150 valence electrons. The highest BCUT2D eigenvalue weighted by Gasteiger charge is 2.45. The summed E-state index contributed by atoms with van der Waals surface area (Å²) in [7, 11) is 0. The van der Waals surface area contributed by atoms with E-state index in [2.05, 4.69) is 16.0 Å². The lowest BCUT2D eigenvalue weighted by atomic mass is 9.84. The number of hydrogen-bond donors (Lipinski definition) is 3. The van der Waals surface area contributed by atoms with Crippen LogP contribution in [0.5, 0.6) is 0 Å². The second kappa shape index (κ2) is 9.57. The molecular formula is C18H23F4N3O2. The Balaban J connectivity index is 1.67. The monoisotopic (exact) mass is 389 g/mol. The van der Waals surface area contributed by atoms with E-state index in [1.54, 1.807) is 6.07 Å². The van der Waals surface area contributed by atoms with Gasteiger partial charge in [-0.2, -0.15) is 13.2 Å². The number of amides is 3. The predicted octanol–water partition coefficient (Wildman–Crippen LogP) is 3.37. The van der Waals surface area contributed by atoms with Crippen molar-refractivity contribution in [3.8, 4) is 0 Å². The van der Waals surface area contributed by atoms with Crippen LogP contribution in [0.2, 0.25) is 0 Å². The number of urea groups is 1. The zero-order chi connectivity index (χ0) is 19.9. The molecule has 0 spiro atoms. The van der Waals surface area contributed by atoms with Crippen LogP contribution in [-0.4, -0.2) is 37.2 Å². The summed E-state index contributed by atoms with van der Waals surface area (Å²) in [6.07, 6.45) is -2.48. The van der Waals surface area contributed by atoms with Crippen LogP contribution in [0.3, 0.4) is 0 Å². The molecule has 1 aliphatic rings. The van der Waals surface area contributed by atoms with Crippen molar-refractivity contribution in [3.05, 3.63) is 35.6 Å². The van der Waals surface area contributed by atoms with Crippen molar-refractivity contribution in [3.63, 3.8) is 0 Å². The molecule has 2 atom stereocenters. The second-order valence-corrected chi connectivity index (χ2v) is 6.53. The highest BCUT2D eigenvalue weighted by atomic mass is 19.4. The second-order valence-electron chi connectivity index (χ2n) is 6.53. The normalized spacial score (nSPS) is 20.0. The lowest BCUT2D eigenvalue weighted by molar-refractivity contribution is -0.187. The Hall–Kier alpha value is -2.32. The molecular weight excluding hydrogens is 366 g/mol. The fourth-order valence-electron chi connectivity index (χ4n) is 3.15. The van der Waals surface area contributed by atoms with Crippen molar-refractivity contribution in [2.75, 3.05) is 13.1 Å². The van der Waals surface area contributed by atoms with E-state index in [0.717, 1.165) is 0 Å². The Labute approximate surface area is 154 Å². The summed E-state index contributed by atoms with van der Waals surface area (Å²) in [5.74, 6) is -2.70. The molecule has 0 unspecified atom stereocenters. The molecule has 0 bridgehead atoms. The molecule has 1 fully saturated rings. The molecule has 1 aromatic carbocycles. The number of nitrogens with one attached hydrogen (secondary N) is 3. The number of carbonyl (C=O) groups excluding carboxylic acids is 2. The van der Waals surface area contributed by atoms with Gasteiger partial charge in [-0.15, -0.1) is 0 Å². The van der Waals surface area contributed by atoms with Crippen LogP contribution in [0.4, 0.5) is 22.4 Å². The first-order chi connectivity index (χ1) is 12.8. The van der Waals surface area contributed by atoms with E-state index in [4.69, 9.17) is 0 Å². The maximum absolute atomic E-state index is 13.5. The first kappa shape index (κ1) is 21.0. The van der Waals surface area contributed by atoms with Crippen molar-refractivity contribution in [2.45, 2.75) is 44.3 Å². The Morgan fingerprint density at radius 2 is 1.70 bits per heavy atom. The summed E-state index contributed by atoms with van der Waals surface area (Å²) in [6.45, 7) is 0.370. The van der Waals surface area contributed by atoms with Crippen molar-refractivity contribution < 1.29 is 27.2 Å². The van der Waals surface area contributed by atoms with Gasteiger partial charge in [-0.05, 0) is 31.4 Å². The number of carbonyl (C=O) groups is 2. The molecule has 3 N–H and O–H groups in total. The van der Waals surface area contributed by atoms with Crippen molar-refractivity contribution in [1.29, 1.82) is 0 Å². The van der Waals surface area contributed by atoms with Crippen LogP contribution in [0, 0.1) is 11.7 Å². The third-order valence-corrected chi connectivity index (χ3v) is 4.55. The smallest absolute Gasteiger partial charge is 0.352 e. The summed E-state index contributed by atoms with van der Waals surface area (Å²) < 4.78 is 52.5. The fourth-order valence-corrected chi connectivity index (χ4v) is 3.15. The molecule has 1 saturated carbocycles. The van der Waals surface area contributed by atoms with E-state index in [1.807, 2.05) is 0 Å². The largest absolute Gasteiger partial charge is 0.393 e. The standard InChI is InChI=1S/C18H23F4N3O2/c19-14-8-3-1-6-12(14)16(26)23-10-5-11-24-17(27)25-15-9-4-2-7-13(15)18(20,21)22/h1,3,6,8,13,15H,2,4-5,7,9-11H2,(H,23,26)(H2,24,25,27)/t13-,15+/m0/s1. The van der Waals surface area contributed by atoms with E-state index in [-0.39, 0.29) is 25.1 Å². The highest BCUT2D eigenvalue weighted by Crippen LogP contribution is 2.37. The van der Waals surface area contributed by atoms with E-state index in [1.165, 1.54) is 18.2 Å². The lowest BCUT2D eigenvalue weighted by Crippen LogP contribution is -2.50. The Kier molecular flexibility index (Phi) is 7.44. The molecule has 0 aliphatic heterocycles. The van der Waals surface area contributed by atoms with E-state index >= 15 is 0 Å². The number of halogens is 4. The molecule has 0 radical (unpaired) electrons. The van der Waals surface area contributed by atoms with Gasteiger partial charge in [0.15, 0.2) is 0 Å². The number of hydrogen-bond acceptors (Lipinski definition) is 2. The third kappa shape index (κ3) is 6.41. The summed E-state index contributed by atoms with van der Waals surface area (Å²) in [4.78, 5) is 23.6. The average molecular weight is 389 g/mol. The first-order valence-electron chi connectivity index (χ1n) is 8.93. The van der Waals surface area contributed by atoms with Gasteiger partial charge < -0.3 is 16.0 Å². The Morgan fingerprint density at radius 1 is 1.04 bits per heavy atom. The maximum Gasteiger partial charge on any atom is 0.393 e. The minimum Gasteiger partial charge on any atom is -0.352 e. The van der Waals surface area contributed by atoms with Crippen LogP contribution in [0.25, 0.3) is 0 Å². The SMILES string of the molecule is O=C(NCCCNC(=O)c1ccccc1F)N[C@@H]1CCCC[C@@H]1C(F)(F)F. The van der Waals surface area contributed by atoms with Crippen molar-refractivity contribution in [1.82, 2.24) is 16.0 Å². The van der Waals surface area contributed by atoms with Crippen LogP contribution < -0.4 is 16.0 Å². The highest BCUT2D eigenvalue weighted by molar-refractivity contribution is 5.94. The Morgan fingerprint density at radius 3 is 2.41 bits per heavy atom. The van der Waals surface area contributed by atoms with Gasteiger partial charge in [0, 0.05) is 19.1 Å². The van der Waals surface area contributed by atoms with Gasteiger partial charge in [-0.1, -0.05) is 25.0 Å². The third-order valence-electron chi connectivity index (χ3n) is 4.55.